The average Bonchev–Trinajstić information content (AvgIpc) is 2.78. The number of aromatic hydroxyl groups is 2. The van der Waals surface area contributed by atoms with Crippen molar-refractivity contribution < 1.29 is 38.5 Å². The maximum Gasteiger partial charge on any atom is 0.342 e. The lowest BCUT2D eigenvalue weighted by Gasteiger charge is -2.37. The van der Waals surface area contributed by atoms with E-state index in [1.807, 2.05) is 0 Å². The van der Waals surface area contributed by atoms with Crippen LogP contribution in [0.2, 0.25) is 0 Å². The SMILES string of the molecule is CC(C)(C)OP(=O)(O)CN(Cc1ccccc1O)C[C@H](CCCCN)N(Cc1ccccc1O)CP(=O)(O)O. The minimum absolute atomic E-state index is 0.00146. The second kappa shape index (κ2) is 14.7. The Morgan fingerprint density at radius 3 is 1.90 bits per heavy atom. The van der Waals surface area contributed by atoms with Crippen LogP contribution in [-0.2, 0) is 26.7 Å². The van der Waals surface area contributed by atoms with E-state index in [1.165, 1.54) is 12.1 Å². The molecule has 0 aromatic heterocycles. The predicted molar refractivity (Wildman–Crippen MR) is 151 cm³/mol. The fourth-order valence-corrected chi connectivity index (χ4v) is 6.81. The molecule has 2 atom stereocenters. The summed E-state index contributed by atoms with van der Waals surface area (Å²) < 4.78 is 30.8. The Labute approximate surface area is 230 Å². The number of para-hydroxylation sites is 2. The molecule has 0 spiro atoms. The number of hydrogen-bond acceptors (Lipinski definition) is 8. The third kappa shape index (κ3) is 13.0. The van der Waals surface area contributed by atoms with Crippen molar-refractivity contribution in [1.29, 1.82) is 0 Å². The molecule has 2 aromatic carbocycles. The van der Waals surface area contributed by atoms with Gasteiger partial charge in [0.15, 0.2) is 0 Å². The maximum absolute atomic E-state index is 13.1. The molecule has 2 rings (SSSR count). The molecule has 0 aliphatic heterocycles. The van der Waals surface area contributed by atoms with E-state index in [0.29, 0.717) is 36.9 Å². The van der Waals surface area contributed by atoms with Crippen LogP contribution in [0.1, 0.15) is 51.2 Å². The van der Waals surface area contributed by atoms with E-state index in [9.17, 15) is 34.0 Å². The second-order valence-electron chi connectivity index (χ2n) is 10.7. The molecule has 0 aliphatic rings. The minimum atomic E-state index is -4.52. The van der Waals surface area contributed by atoms with Gasteiger partial charge in [0.05, 0.1) is 5.60 Å². The Balaban J connectivity index is 2.46. The number of hydrogen-bond donors (Lipinski definition) is 6. The number of phenolic OH excluding ortho intramolecular Hbond substituents is 2. The Kier molecular flexibility index (Phi) is 12.6. The van der Waals surface area contributed by atoms with E-state index in [1.54, 1.807) is 67.0 Å². The molecule has 0 amide bonds. The van der Waals surface area contributed by atoms with E-state index in [-0.39, 0.29) is 37.4 Å². The fraction of sp³-hybridized carbons (Fsp3) is 0.538. The fourth-order valence-electron chi connectivity index (χ4n) is 4.37. The zero-order valence-electron chi connectivity index (χ0n) is 22.9. The highest BCUT2D eigenvalue weighted by atomic mass is 31.2. The maximum atomic E-state index is 13.1. The molecule has 1 unspecified atom stereocenters. The summed E-state index contributed by atoms with van der Waals surface area (Å²) in [5.74, 6) is 0.0198. The largest absolute Gasteiger partial charge is 0.508 e. The van der Waals surface area contributed by atoms with Gasteiger partial charge < -0.3 is 35.2 Å². The van der Waals surface area contributed by atoms with Gasteiger partial charge in [-0.25, -0.2) is 0 Å². The molecule has 2 aromatic rings. The number of phenols is 2. The van der Waals surface area contributed by atoms with E-state index in [4.69, 9.17) is 10.3 Å². The lowest BCUT2D eigenvalue weighted by Crippen LogP contribution is -2.44. The first-order valence-electron chi connectivity index (χ1n) is 12.9. The van der Waals surface area contributed by atoms with Crippen molar-refractivity contribution in [2.75, 3.05) is 25.7 Å². The van der Waals surface area contributed by atoms with E-state index in [2.05, 4.69) is 0 Å². The molecular weight excluding hydrogens is 544 g/mol. The van der Waals surface area contributed by atoms with Crippen LogP contribution in [0, 0.1) is 0 Å². The molecule has 220 valence electrons. The number of nitrogens with zero attached hydrogens (tertiary/aromatic N) is 2. The van der Waals surface area contributed by atoms with Gasteiger partial charge in [-0.1, -0.05) is 42.8 Å². The van der Waals surface area contributed by atoms with Crippen LogP contribution < -0.4 is 5.73 Å². The molecule has 0 fully saturated rings. The van der Waals surface area contributed by atoms with Gasteiger partial charge in [-0.3, -0.25) is 18.9 Å². The lowest BCUT2D eigenvalue weighted by atomic mass is 10.1. The topological polar surface area (TPSA) is 177 Å². The number of benzene rings is 2. The summed E-state index contributed by atoms with van der Waals surface area (Å²) >= 11 is 0. The lowest BCUT2D eigenvalue weighted by molar-refractivity contribution is 0.0949. The monoisotopic (exact) mass is 587 g/mol. The minimum Gasteiger partial charge on any atom is -0.508 e. The van der Waals surface area contributed by atoms with Crippen molar-refractivity contribution >= 4 is 15.2 Å². The Morgan fingerprint density at radius 1 is 0.872 bits per heavy atom. The Bertz CT molecular complexity index is 1140. The van der Waals surface area contributed by atoms with Gasteiger partial charge >= 0.3 is 15.2 Å². The molecule has 11 nitrogen and oxygen atoms in total. The molecule has 7 N–H and O–H groups in total. The second-order valence-corrected chi connectivity index (χ2v) is 14.1. The Hall–Kier alpha value is -1.78. The van der Waals surface area contributed by atoms with Gasteiger partial charge in [-0.2, -0.15) is 0 Å². The van der Waals surface area contributed by atoms with Crippen LogP contribution in [0.5, 0.6) is 11.5 Å². The summed E-state index contributed by atoms with van der Waals surface area (Å²) in [6, 6.07) is 12.7. The molecule has 39 heavy (non-hydrogen) atoms. The average molecular weight is 588 g/mol. The zero-order valence-corrected chi connectivity index (χ0v) is 24.7. The molecular formula is C26H43N3O8P2. The Morgan fingerprint density at radius 2 is 1.41 bits per heavy atom. The van der Waals surface area contributed by atoms with E-state index >= 15 is 0 Å². The molecule has 0 saturated heterocycles. The molecule has 0 radical (unpaired) electrons. The molecule has 13 heteroatoms. The third-order valence-corrected chi connectivity index (χ3v) is 8.21. The van der Waals surface area contributed by atoms with Gasteiger partial charge in [0.1, 0.15) is 24.1 Å². The summed E-state index contributed by atoms with van der Waals surface area (Å²) in [6.07, 6.45) is 0.875. The molecule has 0 saturated carbocycles. The first kappa shape index (κ1) is 33.4. The van der Waals surface area contributed by atoms with Crippen molar-refractivity contribution in [3.63, 3.8) is 0 Å². The van der Waals surface area contributed by atoms with Crippen LogP contribution in [0.15, 0.2) is 48.5 Å². The van der Waals surface area contributed by atoms with E-state index < -0.39 is 33.1 Å². The van der Waals surface area contributed by atoms with Crippen LogP contribution >= 0.6 is 15.2 Å². The van der Waals surface area contributed by atoms with Crippen molar-refractivity contribution in [1.82, 2.24) is 9.80 Å². The standard InChI is InChI=1S/C26H43N3O8P2/c1-26(2,3)37-39(35,36)19-28(16-21-10-4-6-13-24(21)30)18-23(12-8-9-15-27)29(20-38(32,33)34)17-22-11-5-7-14-25(22)31/h4-7,10-11,13-14,23,30-31H,8-9,12,15-20,27H2,1-3H3,(H,35,36)(H2,32,33,34)/t23-/m0/s1. The smallest absolute Gasteiger partial charge is 0.342 e. The van der Waals surface area contributed by atoms with Gasteiger partial charge in [-0.15, -0.1) is 0 Å². The summed E-state index contributed by atoms with van der Waals surface area (Å²) in [5, 5.41) is 20.8. The summed E-state index contributed by atoms with van der Waals surface area (Å²) in [6.45, 7) is 5.73. The first-order chi connectivity index (χ1) is 18.1. The third-order valence-electron chi connectivity index (χ3n) is 5.89. The van der Waals surface area contributed by atoms with Gasteiger partial charge in [0.25, 0.3) is 0 Å². The first-order valence-corrected chi connectivity index (χ1v) is 16.4. The zero-order chi connectivity index (χ0) is 29.3. The number of nitrogens with two attached hydrogens (primary N) is 1. The van der Waals surface area contributed by atoms with E-state index in [0.717, 1.165) is 0 Å². The van der Waals surface area contributed by atoms with Crippen LogP contribution in [0.4, 0.5) is 0 Å². The van der Waals surface area contributed by atoms with Crippen molar-refractivity contribution in [3.8, 4) is 11.5 Å². The van der Waals surface area contributed by atoms with Crippen LogP contribution in [0.3, 0.4) is 0 Å². The molecule has 0 aliphatic carbocycles. The van der Waals surface area contributed by atoms with Crippen molar-refractivity contribution in [2.45, 2.75) is 64.8 Å². The quantitative estimate of drug-likeness (QED) is 0.124. The predicted octanol–water partition coefficient (Wildman–Crippen LogP) is 3.99. The highest BCUT2D eigenvalue weighted by Crippen LogP contribution is 2.47. The van der Waals surface area contributed by atoms with Crippen molar-refractivity contribution in [3.05, 3.63) is 59.7 Å². The summed E-state index contributed by atoms with van der Waals surface area (Å²) in [4.78, 5) is 33.8. The number of rotatable bonds is 16. The number of unbranched alkanes of at least 4 members (excludes halogenated alkanes) is 1. The molecule has 0 heterocycles. The summed E-state index contributed by atoms with van der Waals surface area (Å²) in [7, 11) is -8.66. The van der Waals surface area contributed by atoms with Crippen molar-refractivity contribution in [2.24, 2.45) is 5.73 Å². The highest BCUT2D eigenvalue weighted by molar-refractivity contribution is 7.52. The molecule has 0 bridgehead atoms. The highest BCUT2D eigenvalue weighted by Gasteiger charge is 2.33. The van der Waals surface area contributed by atoms with Gasteiger partial charge in [0.2, 0.25) is 0 Å². The summed E-state index contributed by atoms with van der Waals surface area (Å²) in [5.41, 5.74) is 5.83. The van der Waals surface area contributed by atoms with Crippen LogP contribution in [-0.4, -0.2) is 72.0 Å². The van der Waals surface area contributed by atoms with Gasteiger partial charge in [0, 0.05) is 36.8 Å². The normalized spacial score (nSPS) is 15.0. The van der Waals surface area contributed by atoms with Crippen LogP contribution in [0.25, 0.3) is 0 Å². The van der Waals surface area contributed by atoms with Gasteiger partial charge in [-0.05, 0) is 52.3 Å².